The molecule has 33 heavy (non-hydrogen) atoms. The molecule has 0 atom stereocenters. The molecule has 1 amide bonds. The molecular weight excluding hydrogens is 457 g/mol. The third-order valence-corrected chi connectivity index (χ3v) is 6.25. The van der Waals surface area contributed by atoms with Crippen molar-refractivity contribution >= 4 is 49.9 Å². The number of alkyl halides is 3. The van der Waals surface area contributed by atoms with Crippen molar-refractivity contribution in [3.8, 4) is 0 Å². The van der Waals surface area contributed by atoms with Gasteiger partial charge in [0, 0.05) is 28.5 Å². The number of pyridine rings is 1. The minimum absolute atomic E-state index is 0.185. The largest absolute Gasteiger partial charge is 0.465 e. The highest BCUT2D eigenvalue weighted by molar-refractivity contribution is 7.20. The minimum atomic E-state index is -4.62. The van der Waals surface area contributed by atoms with E-state index in [0.29, 0.717) is 28.0 Å². The molecule has 0 aliphatic carbocycles. The Morgan fingerprint density at radius 1 is 1.12 bits per heavy atom. The van der Waals surface area contributed by atoms with E-state index >= 15 is 0 Å². The summed E-state index contributed by atoms with van der Waals surface area (Å²) in [7, 11) is 1.28. The molecule has 0 unspecified atom stereocenters. The summed E-state index contributed by atoms with van der Waals surface area (Å²) in [5.74, 6) is -1.22. The van der Waals surface area contributed by atoms with Crippen molar-refractivity contribution in [2.24, 2.45) is 0 Å². The van der Waals surface area contributed by atoms with E-state index in [1.54, 1.807) is 35.8 Å². The molecule has 6 nitrogen and oxygen atoms in total. The predicted octanol–water partition coefficient (Wildman–Crippen LogP) is 5.29. The van der Waals surface area contributed by atoms with E-state index in [1.165, 1.54) is 30.7 Å². The number of carbonyl (C=O) groups excluding carboxylic acids is 2. The van der Waals surface area contributed by atoms with Crippen molar-refractivity contribution in [2.45, 2.75) is 19.6 Å². The quantitative estimate of drug-likeness (QED) is 0.408. The Bertz CT molecular complexity index is 1470. The molecule has 10 heteroatoms. The molecule has 2 aromatic heterocycles. The van der Waals surface area contributed by atoms with Crippen molar-refractivity contribution in [1.82, 2.24) is 4.57 Å². The fraction of sp³-hybridized carbons (Fsp3) is 0.174. The number of nitrogens with one attached hydrogen (secondary N) is 1. The number of nitrogens with zero attached hydrogens (tertiary/aromatic N) is 1. The lowest BCUT2D eigenvalue weighted by atomic mass is 10.1. The minimum Gasteiger partial charge on any atom is -0.465 e. The zero-order valence-electron chi connectivity index (χ0n) is 17.4. The molecule has 2 heterocycles. The normalized spacial score (nSPS) is 11.7. The highest BCUT2D eigenvalue weighted by Gasteiger charge is 2.31. The molecule has 0 saturated heterocycles. The summed E-state index contributed by atoms with van der Waals surface area (Å²) in [6.07, 6.45) is -3.28. The Morgan fingerprint density at radius 3 is 2.55 bits per heavy atom. The van der Waals surface area contributed by atoms with Crippen molar-refractivity contribution in [1.29, 1.82) is 0 Å². The lowest BCUT2D eigenvalue weighted by Crippen LogP contribution is -2.24. The summed E-state index contributed by atoms with van der Waals surface area (Å²) in [4.78, 5) is 38.0. The van der Waals surface area contributed by atoms with Crippen molar-refractivity contribution in [3.63, 3.8) is 0 Å². The summed E-state index contributed by atoms with van der Waals surface area (Å²) in [6, 6.07) is 9.49. The van der Waals surface area contributed by atoms with Gasteiger partial charge in [-0.2, -0.15) is 13.2 Å². The molecule has 4 aromatic rings. The van der Waals surface area contributed by atoms with Crippen LogP contribution in [0.2, 0.25) is 0 Å². The highest BCUT2D eigenvalue weighted by Crippen LogP contribution is 2.31. The predicted molar refractivity (Wildman–Crippen MR) is 120 cm³/mol. The molecule has 0 saturated carbocycles. The van der Waals surface area contributed by atoms with E-state index in [0.717, 1.165) is 16.8 Å². The van der Waals surface area contributed by atoms with E-state index in [2.05, 4.69) is 5.32 Å². The van der Waals surface area contributed by atoms with Gasteiger partial charge in [-0.3, -0.25) is 9.59 Å². The van der Waals surface area contributed by atoms with Crippen LogP contribution in [-0.2, 0) is 17.5 Å². The Balaban J connectivity index is 1.74. The smallest absolute Gasteiger partial charge is 0.416 e. The first-order chi connectivity index (χ1) is 15.6. The molecule has 0 spiro atoms. The number of rotatable bonds is 4. The fourth-order valence-corrected chi connectivity index (χ4v) is 4.48. The summed E-state index contributed by atoms with van der Waals surface area (Å²) >= 11 is 1.23. The van der Waals surface area contributed by atoms with Gasteiger partial charge in [0.1, 0.15) is 10.4 Å². The van der Waals surface area contributed by atoms with Gasteiger partial charge >= 0.3 is 12.1 Å². The maximum atomic E-state index is 13.2. The average Bonchev–Trinajstić information content (AvgIpc) is 3.21. The number of carbonyl (C=O) groups is 2. The van der Waals surface area contributed by atoms with Crippen LogP contribution >= 0.6 is 11.3 Å². The number of ether oxygens (including phenoxy) is 1. The summed E-state index contributed by atoms with van der Waals surface area (Å²) < 4.78 is 46.5. The number of halogens is 3. The van der Waals surface area contributed by atoms with Gasteiger partial charge < -0.3 is 14.6 Å². The summed E-state index contributed by atoms with van der Waals surface area (Å²) in [5.41, 5.74) is -1.35. The van der Waals surface area contributed by atoms with Gasteiger partial charge in [0.25, 0.3) is 5.91 Å². The van der Waals surface area contributed by atoms with Crippen LogP contribution in [0.25, 0.3) is 21.0 Å². The lowest BCUT2D eigenvalue weighted by Gasteiger charge is -2.14. The Kier molecular flexibility index (Phi) is 5.71. The topological polar surface area (TPSA) is 77.4 Å². The SMILES string of the molecule is CCn1cc(C(=O)Nc2ccc3sc(C(=O)OC)cc3c2)c(=O)c2cc(C(F)(F)F)ccc21. The summed E-state index contributed by atoms with van der Waals surface area (Å²) in [5, 5.41) is 3.13. The van der Waals surface area contributed by atoms with Gasteiger partial charge in [0.2, 0.25) is 5.43 Å². The number of hydrogen-bond donors (Lipinski definition) is 1. The second kappa shape index (κ2) is 8.36. The van der Waals surface area contributed by atoms with E-state index < -0.39 is 29.0 Å². The number of hydrogen-bond acceptors (Lipinski definition) is 5. The van der Waals surface area contributed by atoms with Crippen LogP contribution in [0.15, 0.2) is 53.5 Å². The molecule has 1 N–H and O–H groups in total. The Morgan fingerprint density at radius 2 is 1.88 bits per heavy atom. The average molecular weight is 474 g/mol. The second-order valence-corrected chi connectivity index (χ2v) is 8.28. The Labute approximate surface area is 189 Å². The van der Waals surface area contributed by atoms with Crippen LogP contribution in [-0.4, -0.2) is 23.6 Å². The molecule has 0 bridgehead atoms. The van der Waals surface area contributed by atoms with Crippen molar-refractivity contribution in [3.05, 3.63) is 74.9 Å². The van der Waals surface area contributed by atoms with Crippen LogP contribution in [0.3, 0.4) is 0 Å². The molecule has 170 valence electrons. The van der Waals surface area contributed by atoms with Gasteiger partial charge in [-0.25, -0.2) is 4.79 Å². The first kappa shape index (κ1) is 22.5. The highest BCUT2D eigenvalue weighted by atomic mass is 32.1. The van der Waals surface area contributed by atoms with E-state index in [-0.39, 0.29) is 10.9 Å². The van der Waals surface area contributed by atoms with Crippen LogP contribution in [0, 0.1) is 0 Å². The second-order valence-electron chi connectivity index (χ2n) is 7.20. The molecule has 2 aromatic carbocycles. The standard InChI is InChI=1S/C23H17F3N2O4S/c1-3-28-11-16(20(29)15-10-13(23(24,25)26)4-6-17(15)28)21(30)27-14-5-7-18-12(8-14)9-19(33-18)22(31)32-2/h4-11H,3H2,1-2H3,(H,27,30). The van der Waals surface area contributed by atoms with Crippen LogP contribution in [0.1, 0.15) is 32.5 Å². The molecule has 4 rings (SSSR count). The van der Waals surface area contributed by atoms with Crippen molar-refractivity contribution in [2.75, 3.05) is 12.4 Å². The molecule has 0 radical (unpaired) electrons. The third-order valence-electron chi connectivity index (χ3n) is 5.15. The van der Waals surface area contributed by atoms with Gasteiger partial charge in [-0.15, -0.1) is 11.3 Å². The molecular formula is C23H17F3N2O4S. The van der Waals surface area contributed by atoms with Gasteiger partial charge in [-0.05, 0) is 54.8 Å². The maximum absolute atomic E-state index is 13.2. The first-order valence-electron chi connectivity index (χ1n) is 9.80. The van der Waals surface area contributed by atoms with Crippen LogP contribution in [0.5, 0.6) is 0 Å². The van der Waals surface area contributed by atoms with Gasteiger partial charge in [-0.1, -0.05) is 0 Å². The lowest BCUT2D eigenvalue weighted by molar-refractivity contribution is -0.137. The number of methoxy groups -OCH3 is 1. The monoisotopic (exact) mass is 474 g/mol. The molecule has 0 aliphatic rings. The van der Waals surface area contributed by atoms with Gasteiger partial charge in [0.15, 0.2) is 0 Å². The van der Waals surface area contributed by atoms with Crippen LogP contribution in [0.4, 0.5) is 18.9 Å². The molecule has 0 aliphatic heterocycles. The number of aryl methyl sites for hydroxylation is 1. The number of amides is 1. The number of anilines is 1. The summed E-state index contributed by atoms with van der Waals surface area (Å²) in [6.45, 7) is 2.10. The Hall–Kier alpha value is -3.66. The third kappa shape index (κ3) is 4.21. The number of benzene rings is 2. The number of aromatic nitrogens is 1. The fourth-order valence-electron chi connectivity index (χ4n) is 3.52. The first-order valence-corrected chi connectivity index (χ1v) is 10.6. The number of fused-ring (bicyclic) bond motifs is 2. The van der Waals surface area contributed by atoms with Gasteiger partial charge in [0.05, 0.1) is 18.2 Å². The van der Waals surface area contributed by atoms with E-state index in [1.807, 2.05) is 0 Å². The molecule has 0 fully saturated rings. The van der Waals surface area contributed by atoms with Crippen molar-refractivity contribution < 1.29 is 27.5 Å². The zero-order chi connectivity index (χ0) is 23.9. The zero-order valence-corrected chi connectivity index (χ0v) is 18.3. The number of esters is 1. The van der Waals surface area contributed by atoms with Crippen LogP contribution < -0.4 is 10.7 Å². The number of thiophene rings is 1. The van der Waals surface area contributed by atoms with E-state index in [4.69, 9.17) is 4.74 Å². The maximum Gasteiger partial charge on any atom is 0.416 e. The van der Waals surface area contributed by atoms with E-state index in [9.17, 15) is 27.6 Å².